The highest BCUT2D eigenvalue weighted by Gasteiger charge is 2.43. The van der Waals surface area contributed by atoms with E-state index in [9.17, 15) is 14.9 Å². The quantitative estimate of drug-likeness (QED) is 0.499. The average molecular weight is 544 g/mol. The van der Waals surface area contributed by atoms with Gasteiger partial charge in [-0.1, -0.05) is 24.3 Å². The third-order valence-electron chi connectivity index (χ3n) is 8.71. The molecule has 1 saturated heterocycles. The van der Waals surface area contributed by atoms with E-state index in [1.54, 1.807) is 7.11 Å². The lowest BCUT2D eigenvalue weighted by molar-refractivity contribution is -0.145. The summed E-state index contributed by atoms with van der Waals surface area (Å²) in [4.78, 5) is 31.3. The molecule has 8 nitrogen and oxygen atoms in total. The predicted octanol–water partition coefficient (Wildman–Crippen LogP) is 3.72. The Morgan fingerprint density at radius 2 is 1.75 bits per heavy atom. The third-order valence-corrected chi connectivity index (χ3v) is 8.71. The minimum atomic E-state index is -0.476. The molecule has 3 aliphatic rings. The first-order chi connectivity index (χ1) is 19.4. The summed E-state index contributed by atoms with van der Waals surface area (Å²) in [6, 6.07) is 17.9. The van der Waals surface area contributed by atoms with E-state index in [0.29, 0.717) is 31.6 Å². The zero-order chi connectivity index (χ0) is 28.1. The largest absolute Gasteiger partial charge is 0.497 e. The van der Waals surface area contributed by atoms with Gasteiger partial charge in [0.05, 0.1) is 18.7 Å². The third kappa shape index (κ3) is 7.01. The number of methoxy groups -OCH3 is 1. The summed E-state index contributed by atoms with van der Waals surface area (Å²) in [7, 11) is 1.67. The second-order valence-electron chi connectivity index (χ2n) is 11.7. The van der Waals surface area contributed by atoms with Crippen LogP contribution in [0.1, 0.15) is 68.1 Å². The number of rotatable bonds is 9. The van der Waals surface area contributed by atoms with Crippen molar-refractivity contribution in [1.82, 2.24) is 15.1 Å². The van der Waals surface area contributed by atoms with Gasteiger partial charge in [0.2, 0.25) is 11.8 Å². The van der Waals surface area contributed by atoms with E-state index in [2.05, 4.69) is 28.4 Å². The molecule has 2 saturated carbocycles. The zero-order valence-electron chi connectivity index (χ0n) is 23.4. The Bertz CT molecular complexity index is 1210. The van der Waals surface area contributed by atoms with Crippen molar-refractivity contribution in [2.45, 2.75) is 88.6 Å². The second-order valence-corrected chi connectivity index (χ2v) is 11.7. The maximum atomic E-state index is 13.7. The van der Waals surface area contributed by atoms with E-state index in [4.69, 9.17) is 10.5 Å². The topological polar surface area (TPSA) is 112 Å². The maximum Gasteiger partial charge on any atom is 0.243 e. The van der Waals surface area contributed by atoms with E-state index in [0.717, 1.165) is 61.8 Å². The van der Waals surface area contributed by atoms with E-state index < -0.39 is 6.04 Å². The fourth-order valence-corrected chi connectivity index (χ4v) is 6.16. The van der Waals surface area contributed by atoms with Crippen LogP contribution < -0.4 is 15.8 Å². The van der Waals surface area contributed by atoms with Gasteiger partial charge < -0.3 is 20.7 Å². The number of hydrogen-bond acceptors (Lipinski definition) is 6. The molecule has 1 heterocycles. The predicted molar refractivity (Wildman–Crippen MR) is 153 cm³/mol. The SMILES string of the molecule is COc1cccc(CN(Cc2ccc(C#N)cc2)C2CCN(C(=O)C3CC3)[C@@H](C(=O)NC3CCC(N)CC3)C2)c1. The van der Waals surface area contributed by atoms with E-state index in [1.165, 1.54) is 0 Å². The fraction of sp³-hybridized carbons (Fsp3) is 0.531. The van der Waals surface area contributed by atoms with Crippen LogP contribution in [0.5, 0.6) is 5.75 Å². The Hall–Kier alpha value is -3.41. The van der Waals surface area contributed by atoms with Crippen LogP contribution in [0, 0.1) is 17.2 Å². The number of piperidine rings is 1. The number of carbonyl (C=O) groups is 2. The summed E-state index contributed by atoms with van der Waals surface area (Å²) in [6.45, 7) is 1.95. The van der Waals surface area contributed by atoms with Gasteiger partial charge in [-0.2, -0.15) is 5.26 Å². The number of carbonyl (C=O) groups excluding carboxylic acids is 2. The van der Waals surface area contributed by atoms with Gasteiger partial charge in [-0.3, -0.25) is 14.5 Å². The number of nitrogens with one attached hydrogen (secondary N) is 1. The zero-order valence-corrected chi connectivity index (χ0v) is 23.4. The molecule has 1 aliphatic heterocycles. The standard InChI is InChI=1S/C32H41N5O3/c1-40-29-4-2-3-24(17-29)21-36(20-23-7-5-22(19-33)6-8-23)28-15-16-37(32(39)25-9-10-25)30(18-28)31(38)35-27-13-11-26(34)12-14-27/h2-8,17,25-28,30H,9-16,18,20-21,34H2,1H3,(H,35,38)/t26?,27?,28?,30-/m1/s1. The van der Waals surface area contributed by atoms with Crippen LogP contribution in [0.15, 0.2) is 48.5 Å². The molecule has 2 aromatic rings. The van der Waals surface area contributed by atoms with Crippen LogP contribution in [0.2, 0.25) is 0 Å². The van der Waals surface area contributed by atoms with Crippen molar-refractivity contribution in [2.24, 2.45) is 11.7 Å². The molecule has 5 rings (SSSR count). The van der Waals surface area contributed by atoms with Crippen LogP contribution in [0.3, 0.4) is 0 Å². The lowest BCUT2D eigenvalue weighted by Gasteiger charge is -2.43. The van der Waals surface area contributed by atoms with Crippen LogP contribution in [0.25, 0.3) is 0 Å². The average Bonchev–Trinajstić information content (AvgIpc) is 3.84. The van der Waals surface area contributed by atoms with E-state index in [1.807, 2.05) is 41.3 Å². The monoisotopic (exact) mass is 543 g/mol. The molecule has 8 heteroatoms. The summed E-state index contributed by atoms with van der Waals surface area (Å²) in [5, 5.41) is 12.5. The minimum Gasteiger partial charge on any atom is -0.497 e. The molecule has 2 aliphatic carbocycles. The van der Waals surface area contributed by atoms with Gasteiger partial charge in [0.1, 0.15) is 11.8 Å². The molecule has 1 unspecified atom stereocenters. The van der Waals surface area contributed by atoms with Crippen LogP contribution in [-0.2, 0) is 22.7 Å². The van der Waals surface area contributed by atoms with Gasteiger partial charge in [-0.15, -0.1) is 0 Å². The van der Waals surface area contributed by atoms with Crippen molar-refractivity contribution in [3.8, 4) is 11.8 Å². The molecule has 2 amide bonds. The number of hydrogen-bond donors (Lipinski definition) is 2. The molecule has 3 N–H and O–H groups in total. The van der Waals surface area contributed by atoms with Crippen LogP contribution in [0.4, 0.5) is 0 Å². The van der Waals surface area contributed by atoms with Crippen LogP contribution in [-0.4, -0.2) is 59.4 Å². The summed E-state index contributed by atoms with van der Waals surface area (Å²) >= 11 is 0. The highest BCUT2D eigenvalue weighted by molar-refractivity contribution is 5.89. The van der Waals surface area contributed by atoms with Gasteiger partial charge in [-0.05, 0) is 86.8 Å². The summed E-state index contributed by atoms with van der Waals surface area (Å²) < 4.78 is 5.47. The van der Waals surface area contributed by atoms with Crippen molar-refractivity contribution in [1.29, 1.82) is 5.26 Å². The Morgan fingerprint density at radius 1 is 1.02 bits per heavy atom. The minimum absolute atomic E-state index is 0.0288. The lowest BCUT2D eigenvalue weighted by atomic mass is 9.90. The van der Waals surface area contributed by atoms with Crippen molar-refractivity contribution in [3.05, 3.63) is 65.2 Å². The Labute approximate surface area is 237 Å². The number of likely N-dealkylation sites (tertiary alicyclic amines) is 1. The number of benzene rings is 2. The summed E-state index contributed by atoms with van der Waals surface area (Å²) in [5.41, 5.74) is 8.96. The van der Waals surface area contributed by atoms with E-state index in [-0.39, 0.29) is 35.9 Å². The van der Waals surface area contributed by atoms with Gasteiger partial charge in [0.15, 0.2) is 0 Å². The molecule has 0 bridgehead atoms. The van der Waals surface area contributed by atoms with Gasteiger partial charge in [-0.25, -0.2) is 0 Å². The molecule has 0 aromatic heterocycles. The van der Waals surface area contributed by atoms with E-state index >= 15 is 0 Å². The first kappa shape index (κ1) is 28.1. The van der Waals surface area contributed by atoms with Crippen molar-refractivity contribution >= 4 is 11.8 Å². The molecular formula is C32H41N5O3. The fourth-order valence-electron chi connectivity index (χ4n) is 6.16. The summed E-state index contributed by atoms with van der Waals surface area (Å²) in [5.74, 6) is 0.991. The molecular weight excluding hydrogens is 502 g/mol. The number of ether oxygens (including phenoxy) is 1. The van der Waals surface area contributed by atoms with Crippen molar-refractivity contribution in [2.75, 3.05) is 13.7 Å². The van der Waals surface area contributed by atoms with Crippen molar-refractivity contribution in [3.63, 3.8) is 0 Å². The number of nitriles is 1. The molecule has 2 atom stereocenters. The first-order valence-corrected chi connectivity index (χ1v) is 14.7. The molecule has 3 fully saturated rings. The second kappa shape index (κ2) is 12.8. The van der Waals surface area contributed by atoms with Gasteiger partial charge >= 0.3 is 0 Å². The smallest absolute Gasteiger partial charge is 0.243 e. The van der Waals surface area contributed by atoms with Crippen LogP contribution >= 0.6 is 0 Å². The lowest BCUT2D eigenvalue weighted by Crippen LogP contribution is -2.58. The molecule has 40 heavy (non-hydrogen) atoms. The first-order valence-electron chi connectivity index (χ1n) is 14.7. The summed E-state index contributed by atoms with van der Waals surface area (Å²) in [6.07, 6.45) is 6.87. The molecule has 0 radical (unpaired) electrons. The Morgan fingerprint density at radius 3 is 2.42 bits per heavy atom. The highest BCUT2D eigenvalue weighted by Crippen LogP contribution is 2.35. The van der Waals surface area contributed by atoms with Gasteiger partial charge in [0.25, 0.3) is 0 Å². The number of amides is 2. The van der Waals surface area contributed by atoms with Gasteiger partial charge in [0, 0.05) is 43.7 Å². The maximum absolute atomic E-state index is 13.7. The highest BCUT2D eigenvalue weighted by atomic mass is 16.5. The molecule has 2 aromatic carbocycles. The number of nitrogens with two attached hydrogens (primary N) is 1. The Kier molecular flexibility index (Phi) is 9.03. The molecule has 0 spiro atoms. The van der Waals surface area contributed by atoms with Crippen molar-refractivity contribution < 1.29 is 14.3 Å². The number of nitrogens with zero attached hydrogens (tertiary/aromatic N) is 3. The normalized spacial score (nSPS) is 24.8. The molecule has 212 valence electrons. The Balaban J connectivity index is 1.37.